The standard InChI is InChI=1S/C6H11F3N2O/c1-11(2)5(10)3-12-4-6(7,8)9/h10H,3-4H2,1-2H3. The van der Waals surface area contributed by atoms with Crippen LogP contribution in [0.15, 0.2) is 0 Å². The van der Waals surface area contributed by atoms with Crippen molar-refractivity contribution in [3.05, 3.63) is 0 Å². The van der Waals surface area contributed by atoms with E-state index in [1.807, 2.05) is 0 Å². The summed E-state index contributed by atoms with van der Waals surface area (Å²) < 4.78 is 38.7. The Balaban J connectivity index is 3.51. The van der Waals surface area contributed by atoms with E-state index >= 15 is 0 Å². The van der Waals surface area contributed by atoms with Gasteiger partial charge < -0.3 is 9.64 Å². The minimum absolute atomic E-state index is 0.0132. The first-order chi connectivity index (χ1) is 5.33. The number of alkyl halides is 3. The quantitative estimate of drug-likeness (QED) is 0.526. The summed E-state index contributed by atoms with van der Waals surface area (Å²) in [5.41, 5.74) is 0. The molecule has 0 atom stereocenters. The molecule has 12 heavy (non-hydrogen) atoms. The van der Waals surface area contributed by atoms with Crippen molar-refractivity contribution in [2.45, 2.75) is 6.18 Å². The van der Waals surface area contributed by atoms with Crippen LogP contribution in [0.2, 0.25) is 0 Å². The molecule has 0 amide bonds. The van der Waals surface area contributed by atoms with Crippen molar-refractivity contribution in [2.24, 2.45) is 0 Å². The van der Waals surface area contributed by atoms with Gasteiger partial charge in [0, 0.05) is 14.1 Å². The molecule has 1 N–H and O–H groups in total. The Morgan fingerprint density at radius 1 is 1.42 bits per heavy atom. The number of likely N-dealkylation sites (N-methyl/N-ethyl adjacent to an activating group) is 1. The van der Waals surface area contributed by atoms with Crippen molar-refractivity contribution in [2.75, 3.05) is 27.3 Å². The van der Waals surface area contributed by atoms with Crippen LogP contribution in [0.1, 0.15) is 0 Å². The minimum Gasteiger partial charge on any atom is -0.365 e. The van der Waals surface area contributed by atoms with E-state index in [2.05, 4.69) is 4.74 Å². The lowest BCUT2D eigenvalue weighted by atomic mass is 10.5. The van der Waals surface area contributed by atoms with Crippen molar-refractivity contribution in [3.63, 3.8) is 0 Å². The van der Waals surface area contributed by atoms with Gasteiger partial charge in [-0.05, 0) is 0 Å². The predicted octanol–water partition coefficient (Wildman–Crippen LogP) is 1.10. The highest BCUT2D eigenvalue weighted by Crippen LogP contribution is 2.14. The molecule has 0 saturated heterocycles. The molecule has 3 nitrogen and oxygen atoms in total. The monoisotopic (exact) mass is 184 g/mol. The zero-order chi connectivity index (χ0) is 9.78. The number of nitrogens with zero attached hydrogens (tertiary/aromatic N) is 1. The number of nitrogens with one attached hydrogen (secondary N) is 1. The largest absolute Gasteiger partial charge is 0.411 e. The van der Waals surface area contributed by atoms with Crippen molar-refractivity contribution in [1.29, 1.82) is 5.41 Å². The normalized spacial score (nSPS) is 11.4. The molecule has 0 bridgehead atoms. The summed E-state index contributed by atoms with van der Waals surface area (Å²) in [5, 5.41) is 7.08. The van der Waals surface area contributed by atoms with Crippen molar-refractivity contribution >= 4 is 5.84 Å². The first-order valence-corrected chi connectivity index (χ1v) is 3.22. The average molecular weight is 184 g/mol. The summed E-state index contributed by atoms with van der Waals surface area (Å²) in [6.45, 7) is -1.62. The first kappa shape index (κ1) is 11.2. The van der Waals surface area contributed by atoms with Gasteiger partial charge in [0.2, 0.25) is 0 Å². The van der Waals surface area contributed by atoms with Crippen LogP contribution in [0.25, 0.3) is 0 Å². The fourth-order valence-corrected chi connectivity index (χ4v) is 0.393. The summed E-state index contributed by atoms with van der Waals surface area (Å²) in [6.07, 6.45) is -4.31. The smallest absolute Gasteiger partial charge is 0.365 e. The number of amidine groups is 1. The van der Waals surface area contributed by atoms with Crippen molar-refractivity contribution in [3.8, 4) is 0 Å². The molecule has 0 fully saturated rings. The lowest BCUT2D eigenvalue weighted by molar-refractivity contribution is -0.170. The average Bonchev–Trinajstić information content (AvgIpc) is 1.84. The molecular formula is C6H11F3N2O. The molecule has 0 aliphatic rings. The Hall–Kier alpha value is -0.780. The molecule has 72 valence electrons. The second-order valence-corrected chi connectivity index (χ2v) is 2.45. The fraction of sp³-hybridized carbons (Fsp3) is 0.833. The van der Waals surface area contributed by atoms with E-state index in [1.54, 1.807) is 14.1 Å². The zero-order valence-electron chi connectivity index (χ0n) is 6.90. The summed E-state index contributed by atoms with van der Waals surface area (Å²) in [6, 6.07) is 0. The van der Waals surface area contributed by atoms with E-state index in [0.717, 1.165) is 0 Å². The van der Waals surface area contributed by atoms with E-state index in [4.69, 9.17) is 5.41 Å². The molecule has 0 heterocycles. The molecule has 6 heteroatoms. The maximum Gasteiger partial charge on any atom is 0.411 e. The third-order valence-electron chi connectivity index (χ3n) is 1.04. The van der Waals surface area contributed by atoms with Crippen LogP contribution in [0.5, 0.6) is 0 Å². The van der Waals surface area contributed by atoms with Gasteiger partial charge in [0.05, 0.1) is 0 Å². The van der Waals surface area contributed by atoms with E-state index in [9.17, 15) is 13.2 Å². The van der Waals surface area contributed by atoms with Crippen LogP contribution >= 0.6 is 0 Å². The molecule has 0 aromatic heterocycles. The highest BCUT2D eigenvalue weighted by molar-refractivity contribution is 5.79. The van der Waals surface area contributed by atoms with Gasteiger partial charge in [-0.3, -0.25) is 5.41 Å². The summed E-state index contributed by atoms with van der Waals surface area (Å²) >= 11 is 0. The highest BCUT2D eigenvalue weighted by atomic mass is 19.4. The van der Waals surface area contributed by atoms with Crippen LogP contribution in [0.3, 0.4) is 0 Å². The van der Waals surface area contributed by atoms with E-state index < -0.39 is 12.8 Å². The maximum atomic E-state index is 11.5. The van der Waals surface area contributed by atoms with Gasteiger partial charge in [0.1, 0.15) is 19.0 Å². The molecule has 0 saturated carbocycles. The molecule has 0 aliphatic carbocycles. The van der Waals surface area contributed by atoms with Crippen LogP contribution in [0.4, 0.5) is 13.2 Å². The van der Waals surface area contributed by atoms with Crippen molar-refractivity contribution < 1.29 is 17.9 Å². The summed E-state index contributed by atoms with van der Waals surface area (Å²) in [5.74, 6) is 0.0132. The van der Waals surface area contributed by atoms with Gasteiger partial charge in [-0.15, -0.1) is 0 Å². The Morgan fingerprint density at radius 2 is 1.92 bits per heavy atom. The number of hydrogen-bond acceptors (Lipinski definition) is 2. The lowest BCUT2D eigenvalue weighted by Crippen LogP contribution is -2.28. The van der Waals surface area contributed by atoms with Gasteiger partial charge in [0.25, 0.3) is 0 Å². The van der Waals surface area contributed by atoms with E-state index in [0.29, 0.717) is 0 Å². The van der Waals surface area contributed by atoms with Gasteiger partial charge >= 0.3 is 6.18 Å². The van der Waals surface area contributed by atoms with Gasteiger partial charge in [-0.25, -0.2) is 0 Å². The zero-order valence-corrected chi connectivity index (χ0v) is 6.90. The van der Waals surface area contributed by atoms with Crippen LogP contribution in [0, 0.1) is 5.41 Å². The second kappa shape index (κ2) is 4.30. The van der Waals surface area contributed by atoms with Crippen LogP contribution in [-0.4, -0.2) is 44.2 Å². The Bertz CT molecular complexity index is 155. The number of ether oxygens (including phenoxy) is 1. The van der Waals surface area contributed by atoms with Crippen LogP contribution < -0.4 is 0 Å². The fourth-order valence-electron chi connectivity index (χ4n) is 0.393. The third kappa shape index (κ3) is 5.96. The third-order valence-corrected chi connectivity index (χ3v) is 1.04. The molecule has 0 aromatic rings. The SMILES string of the molecule is CN(C)C(=N)COCC(F)(F)F. The molecule has 0 unspecified atom stereocenters. The topological polar surface area (TPSA) is 36.3 Å². The summed E-state index contributed by atoms with van der Waals surface area (Å²) in [7, 11) is 3.14. The van der Waals surface area contributed by atoms with E-state index in [-0.39, 0.29) is 12.4 Å². The minimum atomic E-state index is -4.31. The van der Waals surface area contributed by atoms with Gasteiger partial charge in [0.15, 0.2) is 0 Å². The lowest BCUT2D eigenvalue weighted by Gasteiger charge is -2.14. The Labute approximate surface area is 68.6 Å². The molecular weight excluding hydrogens is 173 g/mol. The van der Waals surface area contributed by atoms with E-state index in [1.165, 1.54) is 4.90 Å². The van der Waals surface area contributed by atoms with Crippen LogP contribution in [-0.2, 0) is 4.74 Å². The highest BCUT2D eigenvalue weighted by Gasteiger charge is 2.27. The molecule has 0 radical (unpaired) electrons. The second-order valence-electron chi connectivity index (χ2n) is 2.45. The summed E-state index contributed by atoms with van der Waals surface area (Å²) in [4.78, 5) is 1.39. The molecule has 0 spiro atoms. The van der Waals surface area contributed by atoms with Gasteiger partial charge in [-0.1, -0.05) is 0 Å². The Morgan fingerprint density at radius 3 is 2.25 bits per heavy atom. The maximum absolute atomic E-state index is 11.5. The molecule has 0 aliphatic heterocycles. The Kier molecular flexibility index (Phi) is 4.02. The predicted molar refractivity (Wildman–Crippen MR) is 38.3 cm³/mol. The number of halogens is 3. The number of rotatable bonds is 3. The first-order valence-electron chi connectivity index (χ1n) is 3.22. The molecule has 0 rings (SSSR count). The van der Waals surface area contributed by atoms with Crippen molar-refractivity contribution in [1.82, 2.24) is 4.90 Å². The number of hydrogen-bond donors (Lipinski definition) is 1. The van der Waals surface area contributed by atoms with Gasteiger partial charge in [-0.2, -0.15) is 13.2 Å². The molecule has 0 aromatic carbocycles.